The SMILES string of the molecule is O=C(N[C@H]1C[C@H]2CC[C@H]1C2)[C@H]1CN(S(=O)(=O)c2ccccc2)CCN1S(=O)(=O)c1ccccc1. The summed E-state index contributed by atoms with van der Waals surface area (Å²) >= 11 is 0. The number of nitrogens with one attached hydrogen (secondary N) is 1. The van der Waals surface area contributed by atoms with Crippen LogP contribution in [-0.4, -0.2) is 63.1 Å². The van der Waals surface area contributed by atoms with Crippen LogP contribution < -0.4 is 5.32 Å². The van der Waals surface area contributed by atoms with Gasteiger partial charge in [0.2, 0.25) is 26.0 Å². The van der Waals surface area contributed by atoms with Crippen LogP contribution >= 0.6 is 0 Å². The molecule has 1 saturated heterocycles. The van der Waals surface area contributed by atoms with Crippen molar-refractivity contribution in [3.63, 3.8) is 0 Å². The van der Waals surface area contributed by atoms with E-state index >= 15 is 0 Å². The fraction of sp³-hybridized carbons (Fsp3) is 0.458. The van der Waals surface area contributed by atoms with Crippen molar-refractivity contribution in [2.45, 2.75) is 47.6 Å². The van der Waals surface area contributed by atoms with E-state index in [2.05, 4.69) is 5.32 Å². The van der Waals surface area contributed by atoms with Gasteiger partial charge in [-0.2, -0.15) is 8.61 Å². The zero-order valence-corrected chi connectivity index (χ0v) is 20.4. The Kier molecular flexibility index (Phi) is 6.26. The molecule has 182 valence electrons. The number of sulfonamides is 2. The Balaban J connectivity index is 1.44. The maximum Gasteiger partial charge on any atom is 0.243 e. The summed E-state index contributed by atoms with van der Waals surface area (Å²) in [6.07, 6.45) is 4.25. The largest absolute Gasteiger partial charge is 0.352 e. The molecule has 1 aliphatic heterocycles. The van der Waals surface area contributed by atoms with Gasteiger partial charge >= 0.3 is 0 Å². The molecule has 3 aliphatic rings. The van der Waals surface area contributed by atoms with Crippen LogP contribution in [-0.2, 0) is 24.8 Å². The van der Waals surface area contributed by atoms with E-state index < -0.39 is 32.0 Å². The third-order valence-electron chi connectivity index (χ3n) is 7.39. The Morgan fingerprint density at radius 3 is 1.97 bits per heavy atom. The number of amides is 1. The molecule has 3 fully saturated rings. The Bertz CT molecular complexity index is 1250. The lowest BCUT2D eigenvalue weighted by Crippen LogP contribution is -2.62. The van der Waals surface area contributed by atoms with Gasteiger partial charge in [0.25, 0.3) is 0 Å². The van der Waals surface area contributed by atoms with Crippen LogP contribution in [0.15, 0.2) is 70.5 Å². The van der Waals surface area contributed by atoms with Gasteiger partial charge in [-0.25, -0.2) is 16.8 Å². The summed E-state index contributed by atoms with van der Waals surface area (Å²) in [5, 5.41) is 3.08. The second kappa shape index (κ2) is 9.07. The molecule has 0 aromatic heterocycles. The monoisotopic (exact) mass is 503 g/mol. The molecule has 0 unspecified atom stereocenters. The van der Waals surface area contributed by atoms with Crippen molar-refractivity contribution in [2.75, 3.05) is 19.6 Å². The summed E-state index contributed by atoms with van der Waals surface area (Å²) in [7, 11) is -7.85. The van der Waals surface area contributed by atoms with Crippen LogP contribution in [0, 0.1) is 11.8 Å². The molecule has 1 heterocycles. The van der Waals surface area contributed by atoms with Crippen LogP contribution in [0.3, 0.4) is 0 Å². The van der Waals surface area contributed by atoms with Crippen molar-refractivity contribution in [1.29, 1.82) is 0 Å². The smallest absolute Gasteiger partial charge is 0.243 e. The van der Waals surface area contributed by atoms with Crippen molar-refractivity contribution in [3.8, 4) is 0 Å². The predicted molar refractivity (Wildman–Crippen MR) is 127 cm³/mol. The Labute approximate surface area is 201 Å². The van der Waals surface area contributed by atoms with Gasteiger partial charge in [0.05, 0.1) is 9.79 Å². The van der Waals surface area contributed by atoms with E-state index in [0.29, 0.717) is 11.8 Å². The van der Waals surface area contributed by atoms with Crippen molar-refractivity contribution < 1.29 is 21.6 Å². The first-order valence-corrected chi connectivity index (χ1v) is 14.6. The lowest BCUT2D eigenvalue weighted by molar-refractivity contribution is -0.127. The number of fused-ring (bicyclic) bond motifs is 2. The molecule has 2 saturated carbocycles. The molecule has 2 bridgehead atoms. The van der Waals surface area contributed by atoms with Gasteiger partial charge in [-0.05, 0) is 55.4 Å². The third-order valence-corrected chi connectivity index (χ3v) is 11.2. The summed E-state index contributed by atoms with van der Waals surface area (Å²) in [4.78, 5) is 13.7. The quantitative estimate of drug-likeness (QED) is 0.650. The maximum atomic E-state index is 13.5. The topological polar surface area (TPSA) is 104 Å². The van der Waals surface area contributed by atoms with Gasteiger partial charge in [-0.15, -0.1) is 0 Å². The molecule has 4 atom stereocenters. The van der Waals surface area contributed by atoms with Crippen LogP contribution in [0.1, 0.15) is 25.7 Å². The van der Waals surface area contributed by atoms with E-state index in [4.69, 9.17) is 0 Å². The molecule has 1 N–H and O–H groups in total. The summed E-state index contributed by atoms with van der Waals surface area (Å²) in [5.41, 5.74) is 0. The van der Waals surface area contributed by atoms with E-state index in [1.54, 1.807) is 36.4 Å². The number of carbonyl (C=O) groups excluding carboxylic acids is 1. The fourth-order valence-corrected chi connectivity index (χ4v) is 8.68. The van der Waals surface area contributed by atoms with Gasteiger partial charge in [0, 0.05) is 25.7 Å². The minimum Gasteiger partial charge on any atom is -0.352 e. The molecule has 2 aliphatic carbocycles. The highest BCUT2D eigenvalue weighted by Gasteiger charge is 2.46. The molecule has 2 aromatic rings. The van der Waals surface area contributed by atoms with Gasteiger partial charge in [0.1, 0.15) is 6.04 Å². The highest BCUT2D eigenvalue weighted by atomic mass is 32.2. The van der Waals surface area contributed by atoms with Crippen molar-refractivity contribution in [1.82, 2.24) is 13.9 Å². The number of piperazine rings is 1. The minimum atomic E-state index is -3.98. The molecular weight excluding hydrogens is 474 g/mol. The van der Waals surface area contributed by atoms with Crippen LogP contribution in [0.25, 0.3) is 0 Å². The van der Waals surface area contributed by atoms with E-state index in [1.165, 1.54) is 39.3 Å². The first kappa shape index (κ1) is 23.5. The van der Waals surface area contributed by atoms with Crippen LogP contribution in [0.5, 0.6) is 0 Å². The lowest BCUT2D eigenvalue weighted by atomic mass is 9.95. The van der Waals surface area contributed by atoms with Crippen LogP contribution in [0.2, 0.25) is 0 Å². The summed E-state index contributed by atoms with van der Waals surface area (Å²) in [6.45, 7) is -0.352. The molecule has 34 heavy (non-hydrogen) atoms. The molecule has 5 rings (SSSR count). The second-order valence-corrected chi connectivity index (χ2v) is 13.2. The molecule has 1 amide bonds. The summed E-state index contributed by atoms with van der Waals surface area (Å²) in [5.74, 6) is 0.603. The molecule has 0 radical (unpaired) electrons. The minimum absolute atomic E-state index is 0.0219. The summed E-state index contributed by atoms with van der Waals surface area (Å²) < 4.78 is 55.9. The Morgan fingerprint density at radius 1 is 0.794 bits per heavy atom. The lowest BCUT2D eigenvalue weighted by Gasteiger charge is -2.39. The molecule has 8 nitrogen and oxygen atoms in total. The third kappa shape index (κ3) is 4.28. The number of hydrogen-bond acceptors (Lipinski definition) is 5. The highest BCUT2D eigenvalue weighted by Crippen LogP contribution is 2.44. The number of hydrogen-bond donors (Lipinski definition) is 1. The maximum absolute atomic E-state index is 13.5. The van der Waals surface area contributed by atoms with Gasteiger partial charge in [-0.1, -0.05) is 42.8 Å². The Hall–Kier alpha value is -2.27. The second-order valence-electron chi connectivity index (χ2n) is 9.41. The molecule has 2 aromatic carbocycles. The van der Waals surface area contributed by atoms with E-state index in [1.807, 2.05) is 0 Å². The van der Waals surface area contributed by atoms with Crippen molar-refractivity contribution in [2.24, 2.45) is 11.8 Å². The van der Waals surface area contributed by atoms with Gasteiger partial charge in [0.15, 0.2) is 0 Å². The predicted octanol–water partition coefficient (Wildman–Crippen LogP) is 2.06. The molecule has 10 heteroatoms. The average Bonchev–Trinajstić information content (AvgIpc) is 3.48. The first-order chi connectivity index (χ1) is 16.3. The zero-order chi connectivity index (χ0) is 23.9. The number of carbonyl (C=O) groups is 1. The van der Waals surface area contributed by atoms with Gasteiger partial charge < -0.3 is 5.32 Å². The number of nitrogens with zero attached hydrogens (tertiary/aromatic N) is 2. The molecular formula is C24H29N3O5S2. The number of rotatable bonds is 6. The molecule has 0 spiro atoms. The van der Waals surface area contributed by atoms with E-state index in [9.17, 15) is 21.6 Å². The zero-order valence-electron chi connectivity index (χ0n) is 18.8. The Morgan fingerprint density at radius 2 is 1.41 bits per heavy atom. The average molecular weight is 504 g/mol. The number of benzene rings is 2. The van der Waals surface area contributed by atoms with Crippen LogP contribution in [0.4, 0.5) is 0 Å². The fourth-order valence-electron chi connectivity index (χ4n) is 5.63. The van der Waals surface area contributed by atoms with E-state index in [0.717, 1.165) is 19.3 Å². The standard InChI is InChI=1S/C24H29N3O5S2/c28-24(25-22-16-18-11-12-19(22)15-18)23-17-26(33(29,30)20-7-3-1-4-8-20)13-14-27(23)34(31,32)21-9-5-2-6-10-21/h1-10,18-19,22-23H,11-17H2,(H,25,28)/t18-,19-,22-,23+/m0/s1. The van der Waals surface area contributed by atoms with Gasteiger partial charge in [-0.3, -0.25) is 4.79 Å². The van der Waals surface area contributed by atoms with Crippen molar-refractivity contribution in [3.05, 3.63) is 60.7 Å². The summed E-state index contributed by atoms with van der Waals surface area (Å²) in [6, 6.07) is 14.9. The normalized spacial score (nSPS) is 28.1. The first-order valence-electron chi connectivity index (χ1n) is 11.7. The highest BCUT2D eigenvalue weighted by molar-refractivity contribution is 7.89. The van der Waals surface area contributed by atoms with Crippen molar-refractivity contribution >= 4 is 26.0 Å². The van der Waals surface area contributed by atoms with E-state index in [-0.39, 0.29) is 35.5 Å².